The Kier molecular flexibility index (Phi) is 4.59. The summed E-state index contributed by atoms with van der Waals surface area (Å²) < 4.78 is 33.7. The fourth-order valence-electron chi connectivity index (χ4n) is 2.83. The Labute approximate surface area is 166 Å². The van der Waals surface area contributed by atoms with Crippen LogP contribution in [0, 0.1) is 18.6 Å². The van der Waals surface area contributed by atoms with Crippen molar-refractivity contribution in [3.8, 4) is 10.4 Å². The number of rotatable bonds is 4. The molecular formula is C20H12F2N2O4S. The molecule has 2 N–H and O–H groups in total. The van der Waals surface area contributed by atoms with E-state index in [1.807, 2.05) is 0 Å². The molecule has 0 unspecified atom stereocenters. The number of carbonyl (C=O) groups is 2. The van der Waals surface area contributed by atoms with Gasteiger partial charge >= 0.3 is 11.9 Å². The van der Waals surface area contributed by atoms with Gasteiger partial charge in [-0.15, -0.1) is 11.3 Å². The first-order valence-electron chi connectivity index (χ1n) is 8.33. The van der Waals surface area contributed by atoms with E-state index in [9.17, 15) is 23.5 Å². The standard InChI is InChI=1S/C20H12F2N2O4S/c1-9-6-7-10(16(22)15(9)21)17-14(20(26)27)12(8-29-17)23-18(25)19-24-11-4-2-3-5-13(11)28-19/h2-8H,1H3,(H,23,25)(H,26,27). The number of carbonyl (C=O) groups excluding carboxylic acids is 1. The number of aromatic carboxylic acids is 1. The Morgan fingerprint density at radius 2 is 1.90 bits per heavy atom. The lowest BCUT2D eigenvalue weighted by molar-refractivity contribution is 0.0699. The van der Waals surface area contributed by atoms with Crippen molar-refractivity contribution >= 4 is 40.0 Å². The highest BCUT2D eigenvalue weighted by Crippen LogP contribution is 2.38. The molecule has 146 valence electrons. The van der Waals surface area contributed by atoms with Crippen LogP contribution in [0.25, 0.3) is 21.5 Å². The van der Waals surface area contributed by atoms with E-state index in [1.54, 1.807) is 24.3 Å². The van der Waals surface area contributed by atoms with Crippen molar-refractivity contribution in [3.05, 3.63) is 70.4 Å². The molecule has 0 aliphatic heterocycles. The van der Waals surface area contributed by atoms with Crippen molar-refractivity contribution in [1.29, 1.82) is 0 Å². The number of thiophene rings is 1. The summed E-state index contributed by atoms with van der Waals surface area (Å²) >= 11 is 0.875. The molecule has 0 radical (unpaired) electrons. The van der Waals surface area contributed by atoms with Crippen LogP contribution in [0.1, 0.15) is 26.6 Å². The largest absolute Gasteiger partial charge is 0.478 e. The molecule has 4 aromatic rings. The fraction of sp³-hybridized carbons (Fsp3) is 0.0500. The molecule has 0 bridgehead atoms. The van der Waals surface area contributed by atoms with Crippen molar-refractivity contribution in [2.75, 3.05) is 5.32 Å². The molecule has 0 saturated heterocycles. The van der Waals surface area contributed by atoms with Crippen LogP contribution in [0.5, 0.6) is 0 Å². The predicted octanol–water partition coefficient (Wildman–Crippen LogP) is 5.09. The van der Waals surface area contributed by atoms with E-state index >= 15 is 0 Å². The fourth-order valence-corrected chi connectivity index (χ4v) is 3.84. The van der Waals surface area contributed by atoms with Crippen LogP contribution in [0.2, 0.25) is 0 Å². The third kappa shape index (κ3) is 3.25. The summed E-state index contributed by atoms with van der Waals surface area (Å²) in [6.45, 7) is 1.40. The molecule has 0 saturated carbocycles. The number of aromatic nitrogens is 1. The average Bonchev–Trinajstić information content (AvgIpc) is 3.30. The van der Waals surface area contributed by atoms with Crippen LogP contribution in [0.4, 0.5) is 14.5 Å². The van der Waals surface area contributed by atoms with Gasteiger partial charge in [0.1, 0.15) is 11.1 Å². The van der Waals surface area contributed by atoms with Gasteiger partial charge in [-0.2, -0.15) is 0 Å². The van der Waals surface area contributed by atoms with Crippen LogP contribution in [0.15, 0.2) is 46.2 Å². The van der Waals surface area contributed by atoms with E-state index in [0.717, 1.165) is 11.3 Å². The highest BCUT2D eigenvalue weighted by atomic mass is 32.1. The first-order chi connectivity index (χ1) is 13.9. The second-order valence-electron chi connectivity index (χ2n) is 6.16. The van der Waals surface area contributed by atoms with E-state index in [1.165, 1.54) is 24.4 Å². The van der Waals surface area contributed by atoms with Gasteiger partial charge in [-0.05, 0) is 24.6 Å². The van der Waals surface area contributed by atoms with Gasteiger partial charge in [-0.25, -0.2) is 18.6 Å². The smallest absolute Gasteiger partial charge is 0.339 e. The number of amides is 1. The summed E-state index contributed by atoms with van der Waals surface area (Å²) in [5.41, 5.74) is 0.368. The monoisotopic (exact) mass is 414 g/mol. The number of carboxylic acids is 1. The number of oxazole rings is 1. The minimum atomic E-state index is -1.39. The maximum Gasteiger partial charge on any atom is 0.339 e. The Bertz CT molecular complexity index is 1250. The van der Waals surface area contributed by atoms with Crippen molar-refractivity contribution in [1.82, 2.24) is 4.98 Å². The number of hydrogen-bond donors (Lipinski definition) is 2. The maximum atomic E-state index is 14.4. The molecule has 4 rings (SSSR count). The van der Waals surface area contributed by atoms with Crippen LogP contribution >= 0.6 is 11.3 Å². The number of halogens is 2. The van der Waals surface area contributed by atoms with Gasteiger partial charge in [-0.1, -0.05) is 24.3 Å². The second kappa shape index (κ2) is 7.10. The second-order valence-corrected chi connectivity index (χ2v) is 7.04. The maximum absolute atomic E-state index is 14.4. The summed E-state index contributed by atoms with van der Waals surface area (Å²) in [6.07, 6.45) is 0. The van der Waals surface area contributed by atoms with Crippen molar-refractivity contribution in [2.24, 2.45) is 0 Å². The van der Waals surface area contributed by atoms with Gasteiger partial charge in [0.2, 0.25) is 0 Å². The minimum Gasteiger partial charge on any atom is -0.478 e. The number of para-hydroxylation sites is 2. The normalized spacial score (nSPS) is 11.0. The predicted molar refractivity (Wildman–Crippen MR) is 103 cm³/mol. The summed E-state index contributed by atoms with van der Waals surface area (Å²) in [4.78, 5) is 28.3. The lowest BCUT2D eigenvalue weighted by Crippen LogP contribution is -2.14. The molecule has 0 aliphatic rings. The molecular weight excluding hydrogens is 402 g/mol. The zero-order valence-corrected chi connectivity index (χ0v) is 15.6. The van der Waals surface area contributed by atoms with Gasteiger partial charge in [0.05, 0.1) is 10.6 Å². The van der Waals surface area contributed by atoms with E-state index in [-0.39, 0.29) is 33.1 Å². The van der Waals surface area contributed by atoms with Gasteiger partial charge in [0.25, 0.3) is 5.89 Å². The number of benzene rings is 2. The number of anilines is 1. The average molecular weight is 414 g/mol. The van der Waals surface area contributed by atoms with E-state index in [4.69, 9.17) is 4.42 Å². The number of nitrogens with one attached hydrogen (secondary N) is 1. The highest BCUT2D eigenvalue weighted by Gasteiger charge is 2.25. The molecule has 0 aliphatic carbocycles. The molecule has 29 heavy (non-hydrogen) atoms. The summed E-state index contributed by atoms with van der Waals surface area (Å²) in [5.74, 6) is -4.60. The molecule has 1 amide bonds. The van der Waals surface area contributed by atoms with Crippen LogP contribution < -0.4 is 5.32 Å². The first kappa shape index (κ1) is 18.8. The first-order valence-corrected chi connectivity index (χ1v) is 9.21. The van der Waals surface area contributed by atoms with Crippen molar-refractivity contribution < 1.29 is 27.9 Å². The zero-order chi connectivity index (χ0) is 20.7. The third-order valence-electron chi connectivity index (χ3n) is 4.26. The van der Waals surface area contributed by atoms with E-state index < -0.39 is 23.5 Å². The van der Waals surface area contributed by atoms with Gasteiger partial charge < -0.3 is 14.8 Å². The third-order valence-corrected chi connectivity index (χ3v) is 5.27. The molecule has 9 heteroatoms. The van der Waals surface area contributed by atoms with Gasteiger partial charge in [-0.3, -0.25) is 4.79 Å². The molecule has 2 aromatic heterocycles. The quantitative estimate of drug-likeness (QED) is 0.485. The topological polar surface area (TPSA) is 92.4 Å². The Hall–Kier alpha value is -3.59. The summed E-state index contributed by atoms with van der Waals surface area (Å²) in [6, 6.07) is 9.41. The SMILES string of the molecule is Cc1ccc(-c2scc(NC(=O)c3nc4ccccc4o3)c2C(=O)O)c(F)c1F. The Morgan fingerprint density at radius 1 is 1.14 bits per heavy atom. The zero-order valence-electron chi connectivity index (χ0n) is 14.8. The van der Waals surface area contributed by atoms with Crippen LogP contribution in [0.3, 0.4) is 0 Å². The number of aryl methyl sites for hydroxylation is 1. The van der Waals surface area contributed by atoms with Gasteiger partial charge in [0.15, 0.2) is 17.2 Å². The Balaban J connectivity index is 1.73. The number of fused-ring (bicyclic) bond motifs is 1. The molecule has 0 spiro atoms. The molecule has 2 heterocycles. The Morgan fingerprint density at radius 3 is 2.62 bits per heavy atom. The number of carboxylic acid groups (broad SMARTS) is 1. The van der Waals surface area contributed by atoms with Gasteiger partial charge in [0, 0.05) is 10.9 Å². The van der Waals surface area contributed by atoms with E-state index in [0.29, 0.717) is 11.1 Å². The molecule has 0 fully saturated rings. The highest BCUT2D eigenvalue weighted by molar-refractivity contribution is 7.14. The number of hydrogen-bond acceptors (Lipinski definition) is 5. The molecule has 6 nitrogen and oxygen atoms in total. The lowest BCUT2D eigenvalue weighted by atomic mass is 10.1. The van der Waals surface area contributed by atoms with Crippen molar-refractivity contribution in [2.45, 2.75) is 6.92 Å². The van der Waals surface area contributed by atoms with Crippen LogP contribution in [-0.4, -0.2) is 22.0 Å². The summed E-state index contributed by atoms with van der Waals surface area (Å²) in [5, 5.41) is 13.4. The van der Waals surface area contributed by atoms with E-state index in [2.05, 4.69) is 10.3 Å². The minimum absolute atomic E-state index is 0.0123. The number of nitrogens with zero attached hydrogens (tertiary/aromatic N) is 1. The van der Waals surface area contributed by atoms with Crippen LogP contribution in [-0.2, 0) is 0 Å². The van der Waals surface area contributed by atoms with Crippen molar-refractivity contribution in [3.63, 3.8) is 0 Å². The molecule has 0 atom stereocenters. The summed E-state index contributed by atoms with van der Waals surface area (Å²) in [7, 11) is 0. The molecule has 2 aromatic carbocycles. The lowest BCUT2D eigenvalue weighted by Gasteiger charge is -2.07.